The number of halogens is 1. The van der Waals surface area contributed by atoms with Crippen LogP contribution in [0.3, 0.4) is 0 Å². The minimum absolute atomic E-state index is 0.0152. The predicted octanol–water partition coefficient (Wildman–Crippen LogP) is 1.71. The molecule has 5 nitrogen and oxygen atoms in total. The van der Waals surface area contributed by atoms with Crippen molar-refractivity contribution in [3.63, 3.8) is 0 Å². The molecule has 1 unspecified atom stereocenters. The van der Waals surface area contributed by atoms with Gasteiger partial charge in [-0.25, -0.2) is 8.42 Å². The van der Waals surface area contributed by atoms with Crippen molar-refractivity contribution in [1.29, 1.82) is 5.26 Å². The summed E-state index contributed by atoms with van der Waals surface area (Å²) in [6.45, 7) is 0.728. The van der Waals surface area contributed by atoms with E-state index in [0.29, 0.717) is 6.54 Å². The summed E-state index contributed by atoms with van der Waals surface area (Å²) < 4.78 is 26.9. The molecule has 1 aliphatic rings. The van der Waals surface area contributed by atoms with Crippen LogP contribution in [-0.2, 0) is 10.0 Å². The first kappa shape index (κ1) is 15.3. The second-order valence-corrected chi connectivity index (χ2v) is 7.02. The SMILES string of the molecule is N#Cc1ccc(Cl)c(S(=O)(=O)N2CCCCC2CN)c1. The number of hydrogen-bond donors (Lipinski definition) is 1. The van der Waals surface area contributed by atoms with E-state index in [0.717, 1.165) is 19.3 Å². The zero-order chi connectivity index (χ0) is 14.8. The first-order valence-electron chi connectivity index (χ1n) is 6.42. The maximum absolute atomic E-state index is 12.7. The van der Waals surface area contributed by atoms with Gasteiger partial charge in [0.2, 0.25) is 10.0 Å². The van der Waals surface area contributed by atoms with Crippen molar-refractivity contribution in [1.82, 2.24) is 4.31 Å². The van der Waals surface area contributed by atoms with Crippen molar-refractivity contribution in [2.45, 2.75) is 30.2 Å². The van der Waals surface area contributed by atoms with Crippen molar-refractivity contribution >= 4 is 21.6 Å². The van der Waals surface area contributed by atoms with Crippen LogP contribution in [0.4, 0.5) is 0 Å². The fourth-order valence-electron chi connectivity index (χ4n) is 2.42. The van der Waals surface area contributed by atoms with Crippen LogP contribution in [0.25, 0.3) is 0 Å². The molecule has 0 amide bonds. The Hall–Kier alpha value is -1.13. The van der Waals surface area contributed by atoms with Crippen LogP contribution in [0.2, 0.25) is 5.02 Å². The molecule has 7 heteroatoms. The fraction of sp³-hybridized carbons (Fsp3) is 0.462. The number of sulfonamides is 1. The summed E-state index contributed by atoms with van der Waals surface area (Å²) in [7, 11) is -3.72. The van der Waals surface area contributed by atoms with Gasteiger partial charge in [-0.3, -0.25) is 0 Å². The van der Waals surface area contributed by atoms with Crippen molar-refractivity contribution in [2.75, 3.05) is 13.1 Å². The summed E-state index contributed by atoms with van der Waals surface area (Å²) in [6.07, 6.45) is 2.54. The quantitative estimate of drug-likeness (QED) is 0.920. The molecule has 20 heavy (non-hydrogen) atoms. The number of hydrogen-bond acceptors (Lipinski definition) is 4. The molecule has 1 aromatic rings. The van der Waals surface area contributed by atoms with Crippen molar-refractivity contribution in [3.8, 4) is 6.07 Å². The Morgan fingerprint density at radius 3 is 2.85 bits per heavy atom. The van der Waals surface area contributed by atoms with Crippen molar-refractivity contribution < 1.29 is 8.42 Å². The van der Waals surface area contributed by atoms with Crippen LogP contribution in [0, 0.1) is 11.3 Å². The van der Waals surface area contributed by atoms with Crippen LogP contribution >= 0.6 is 11.6 Å². The highest BCUT2D eigenvalue weighted by molar-refractivity contribution is 7.89. The zero-order valence-electron chi connectivity index (χ0n) is 10.9. The molecule has 1 heterocycles. The van der Waals surface area contributed by atoms with Crippen LogP contribution in [0.5, 0.6) is 0 Å². The van der Waals surface area contributed by atoms with Crippen LogP contribution in [0.1, 0.15) is 24.8 Å². The van der Waals surface area contributed by atoms with E-state index in [-0.39, 0.29) is 28.1 Å². The van der Waals surface area contributed by atoms with E-state index in [4.69, 9.17) is 22.6 Å². The number of rotatable bonds is 3. The summed E-state index contributed by atoms with van der Waals surface area (Å²) >= 11 is 6.00. The normalized spacial score (nSPS) is 20.6. The first-order chi connectivity index (χ1) is 9.50. The molecular weight excluding hydrogens is 298 g/mol. The van der Waals surface area contributed by atoms with Crippen LogP contribution in [0.15, 0.2) is 23.1 Å². The molecule has 0 aromatic heterocycles. The molecule has 0 radical (unpaired) electrons. The van der Waals surface area contributed by atoms with Gasteiger partial charge in [-0.1, -0.05) is 18.0 Å². The molecule has 1 atom stereocenters. The highest BCUT2D eigenvalue weighted by atomic mass is 35.5. The third-order valence-corrected chi connectivity index (χ3v) is 5.93. The minimum atomic E-state index is -3.72. The third-order valence-electron chi connectivity index (χ3n) is 3.49. The second kappa shape index (κ2) is 6.10. The molecule has 0 aliphatic carbocycles. The van der Waals surface area contributed by atoms with E-state index in [2.05, 4.69) is 0 Å². The van der Waals surface area contributed by atoms with Gasteiger partial charge in [-0.05, 0) is 31.0 Å². The standard InChI is InChI=1S/C13H16ClN3O2S/c14-12-5-4-10(8-15)7-13(12)20(18,19)17-6-2-1-3-11(17)9-16/h4-5,7,11H,1-3,6,9,16H2. The Morgan fingerprint density at radius 2 is 2.20 bits per heavy atom. The molecule has 2 N–H and O–H groups in total. The van der Waals surface area contributed by atoms with Gasteiger partial charge < -0.3 is 5.73 Å². The Morgan fingerprint density at radius 1 is 1.45 bits per heavy atom. The summed E-state index contributed by atoms with van der Waals surface area (Å²) in [5, 5.41) is 9.04. The highest BCUT2D eigenvalue weighted by Crippen LogP contribution is 2.29. The molecule has 1 aromatic carbocycles. The largest absolute Gasteiger partial charge is 0.329 e. The number of piperidine rings is 1. The monoisotopic (exact) mass is 313 g/mol. The van der Waals surface area contributed by atoms with Crippen molar-refractivity contribution in [3.05, 3.63) is 28.8 Å². The van der Waals surface area contributed by atoms with Crippen molar-refractivity contribution in [2.24, 2.45) is 5.73 Å². The van der Waals surface area contributed by atoms with Gasteiger partial charge in [-0.15, -0.1) is 0 Å². The van der Waals surface area contributed by atoms with Gasteiger partial charge in [0.15, 0.2) is 0 Å². The maximum Gasteiger partial charge on any atom is 0.244 e. The molecule has 2 rings (SSSR count). The Bertz CT molecular complexity index is 640. The van der Waals surface area contributed by atoms with Gasteiger partial charge in [0.25, 0.3) is 0 Å². The zero-order valence-corrected chi connectivity index (χ0v) is 12.5. The number of nitrogens with two attached hydrogens (primary N) is 1. The average molecular weight is 314 g/mol. The topological polar surface area (TPSA) is 87.2 Å². The molecule has 108 valence electrons. The molecule has 0 bridgehead atoms. The van der Waals surface area contributed by atoms with Crippen LogP contribution in [-0.4, -0.2) is 31.9 Å². The molecule has 1 saturated heterocycles. The van der Waals surface area contributed by atoms with E-state index in [9.17, 15) is 8.42 Å². The summed E-state index contributed by atoms with van der Waals surface area (Å²) in [4.78, 5) is -0.0152. The third kappa shape index (κ3) is 2.81. The lowest BCUT2D eigenvalue weighted by atomic mass is 10.1. The number of nitriles is 1. The molecular formula is C13H16ClN3O2S. The molecule has 0 spiro atoms. The molecule has 0 saturated carbocycles. The lowest BCUT2D eigenvalue weighted by molar-refractivity contribution is 0.257. The minimum Gasteiger partial charge on any atom is -0.329 e. The average Bonchev–Trinajstić information content (AvgIpc) is 2.47. The predicted molar refractivity (Wildman–Crippen MR) is 76.8 cm³/mol. The second-order valence-electron chi connectivity index (χ2n) is 4.76. The Labute approximate surface area is 124 Å². The first-order valence-corrected chi connectivity index (χ1v) is 8.24. The fourth-order valence-corrected chi connectivity index (χ4v) is 4.63. The van der Waals surface area contributed by atoms with Gasteiger partial charge in [-0.2, -0.15) is 9.57 Å². The summed E-state index contributed by atoms with van der Waals surface area (Å²) in [5.74, 6) is 0. The van der Waals surface area contributed by atoms with E-state index >= 15 is 0 Å². The van der Waals surface area contributed by atoms with E-state index in [1.165, 1.54) is 22.5 Å². The summed E-state index contributed by atoms with van der Waals surface area (Å²) in [5.41, 5.74) is 5.94. The number of nitrogens with zero attached hydrogens (tertiary/aromatic N) is 2. The van der Waals surface area contributed by atoms with Crippen LogP contribution < -0.4 is 5.73 Å². The van der Waals surface area contributed by atoms with Gasteiger partial charge in [0.05, 0.1) is 16.7 Å². The lowest BCUT2D eigenvalue weighted by Crippen LogP contribution is -2.47. The van der Waals surface area contributed by atoms with E-state index in [1.807, 2.05) is 6.07 Å². The molecule has 1 aliphatic heterocycles. The number of benzene rings is 1. The van der Waals surface area contributed by atoms with E-state index in [1.54, 1.807) is 0 Å². The van der Waals surface area contributed by atoms with Gasteiger partial charge in [0, 0.05) is 19.1 Å². The van der Waals surface area contributed by atoms with Gasteiger partial charge >= 0.3 is 0 Å². The smallest absolute Gasteiger partial charge is 0.244 e. The highest BCUT2D eigenvalue weighted by Gasteiger charge is 2.34. The Kier molecular flexibility index (Phi) is 4.66. The van der Waals surface area contributed by atoms with E-state index < -0.39 is 10.0 Å². The molecule has 1 fully saturated rings. The lowest BCUT2D eigenvalue weighted by Gasteiger charge is -2.34. The maximum atomic E-state index is 12.7. The summed E-state index contributed by atoms with van der Waals surface area (Å²) in [6, 6.07) is 5.99. The van der Waals surface area contributed by atoms with Gasteiger partial charge in [0.1, 0.15) is 4.90 Å². The Balaban J connectivity index is 2.46.